The van der Waals surface area contributed by atoms with E-state index in [1.54, 1.807) is 0 Å². The number of hydrogen-bond donors (Lipinski definition) is 2. The maximum absolute atomic E-state index is 12.3. The van der Waals surface area contributed by atoms with E-state index in [1.807, 2.05) is 56.3 Å². The number of carbonyl (C=O) groups excluding carboxylic acids is 1. The Morgan fingerprint density at radius 2 is 1.71 bits per heavy atom. The van der Waals surface area contributed by atoms with Crippen LogP contribution in [0.4, 0.5) is 5.69 Å². The highest BCUT2D eigenvalue weighted by atomic mass is 16.5. The van der Waals surface area contributed by atoms with Crippen LogP contribution in [0.2, 0.25) is 0 Å². The van der Waals surface area contributed by atoms with E-state index in [-0.39, 0.29) is 19.1 Å². The van der Waals surface area contributed by atoms with Gasteiger partial charge >= 0.3 is 0 Å². The maximum Gasteiger partial charge on any atom is 0.251 e. The second kappa shape index (κ2) is 10.1. The van der Waals surface area contributed by atoms with Gasteiger partial charge in [0.2, 0.25) is 0 Å². The smallest absolute Gasteiger partial charge is 0.251 e. The van der Waals surface area contributed by atoms with Gasteiger partial charge in [-0.25, -0.2) is 0 Å². The van der Waals surface area contributed by atoms with Crippen LogP contribution in [0.1, 0.15) is 42.3 Å². The summed E-state index contributed by atoms with van der Waals surface area (Å²) in [5.74, 6) is 0.583. The fraction of sp³-hybridized carbons (Fsp3) is 0.435. The first kappa shape index (κ1) is 21.8. The molecule has 28 heavy (non-hydrogen) atoms. The normalized spacial score (nSPS) is 12.0. The molecule has 0 aliphatic rings. The molecule has 2 rings (SSSR count). The first-order chi connectivity index (χ1) is 13.3. The van der Waals surface area contributed by atoms with Crippen LogP contribution in [0.25, 0.3) is 0 Å². The van der Waals surface area contributed by atoms with Gasteiger partial charge in [-0.1, -0.05) is 18.2 Å². The Bertz CT molecular complexity index is 752. The number of hydrogen-bond acceptors (Lipinski definition) is 4. The van der Waals surface area contributed by atoms with Crippen LogP contribution in [0.15, 0.2) is 42.5 Å². The van der Waals surface area contributed by atoms with E-state index in [2.05, 4.69) is 31.0 Å². The second-order valence-corrected chi connectivity index (χ2v) is 7.32. The molecule has 152 valence electrons. The van der Waals surface area contributed by atoms with Crippen molar-refractivity contribution in [2.24, 2.45) is 0 Å². The fourth-order valence-corrected chi connectivity index (χ4v) is 3.23. The van der Waals surface area contributed by atoms with Crippen molar-refractivity contribution in [1.29, 1.82) is 0 Å². The second-order valence-electron chi connectivity index (χ2n) is 7.32. The molecular weight excluding hydrogens is 352 g/mol. The van der Waals surface area contributed by atoms with Crippen molar-refractivity contribution < 1.29 is 14.6 Å². The minimum absolute atomic E-state index is 0.130. The molecule has 2 aromatic carbocycles. The Labute approximate surface area is 168 Å². The van der Waals surface area contributed by atoms with Crippen molar-refractivity contribution in [2.75, 3.05) is 24.6 Å². The van der Waals surface area contributed by atoms with Gasteiger partial charge in [0.05, 0.1) is 0 Å². The molecule has 2 N–H and O–H groups in total. The predicted octanol–water partition coefficient (Wildman–Crippen LogP) is 3.71. The molecule has 0 aliphatic heterocycles. The van der Waals surface area contributed by atoms with Crippen molar-refractivity contribution >= 4 is 11.6 Å². The van der Waals surface area contributed by atoms with Gasteiger partial charge in [0.1, 0.15) is 18.5 Å². The molecule has 0 radical (unpaired) electrons. The molecule has 0 spiro atoms. The highest BCUT2D eigenvalue weighted by Gasteiger charge is 2.13. The molecule has 5 nitrogen and oxygen atoms in total. The Morgan fingerprint density at radius 3 is 2.25 bits per heavy atom. The fourth-order valence-electron chi connectivity index (χ4n) is 3.23. The van der Waals surface area contributed by atoms with Crippen LogP contribution < -0.4 is 15.0 Å². The molecule has 1 unspecified atom stereocenters. The Morgan fingerprint density at radius 1 is 1.11 bits per heavy atom. The van der Waals surface area contributed by atoms with Crippen molar-refractivity contribution in [3.63, 3.8) is 0 Å². The zero-order valence-corrected chi connectivity index (χ0v) is 17.5. The molecular formula is C23H32N2O3. The number of amides is 1. The van der Waals surface area contributed by atoms with E-state index in [4.69, 9.17) is 4.74 Å². The quantitative estimate of drug-likeness (QED) is 0.692. The van der Waals surface area contributed by atoms with Crippen molar-refractivity contribution in [1.82, 2.24) is 5.32 Å². The van der Waals surface area contributed by atoms with Crippen LogP contribution in [0.3, 0.4) is 0 Å². The molecule has 0 aromatic heterocycles. The van der Waals surface area contributed by atoms with E-state index >= 15 is 0 Å². The van der Waals surface area contributed by atoms with Gasteiger partial charge in [0, 0.05) is 30.4 Å². The van der Waals surface area contributed by atoms with Gasteiger partial charge in [-0.05, 0) is 70.0 Å². The number of aryl methyl sites for hydroxylation is 2. The summed E-state index contributed by atoms with van der Waals surface area (Å²) in [5, 5.41) is 12.9. The van der Waals surface area contributed by atoms with E-state index in [9.17, 15) is 9.90 Å². The van der Waals surface area contributed by atoms with Crippen LogP contribution in [-0.2, 0) is 0 Å². The highest BCUT2D eigenvalue weighted by Crippen LogP contribution is 2.22. The van der Waals surface area contributed by atoms with Gasteiger partial charge in [-0.2, -0.15) is 0 Å². The summed E-state index contributed by atoms with van der Waals surface area (Å²) < 4.78 is 5.74. The third-order valence-corrected chi connectivity index (χ3v) is 4.75. The van der Waals surface area contributed by atoms with Crippen LogP contribution >= 0.6 is 0 Å². The lowest BCUT2D eigenvalue weighted by molar-refractivity contribution is 0.0841. The molecule has 0 saturated carbocycles. The largest absolute Gasteiger partial charge is 0.490 e. The molecule has 1 atom stereocenters. The molecule has 5 heteroatoms. The lowest BCUT2D eigenvalue weighted by Crippen LogP contribution is -2.35. The number of benzene rings is 2. The summed E-state index contributed by atoms with van der Waals surface area (Å²) in [4.78, 5) is 14.6. The van der Waals surface area contributed by atoms with Crippen molar-refractivity contribution in [3.05, 3.63) is 59.2 Å². The minimum Gasteiger partial charge on any atom is -0.490 e. The molecule has 2 aromatic rings. The average molecular weight is 385 g/mol. The van der Waals surface area contributed by atoms with Crippen LogP contribution in [0, 0.1) is 13.8 Å². The summed E-state index contributed by atoms with van der Waals surface area (Å²) >= 11 is 0. The monoisotopic (exact) mass is 384 g/mol. The first-order valence-electron chi connectivity index (χ1n) is 9.85. The van der Waals surface area contributed by atoms with Gasteiger partial charge in [0.15, 0.2) is 0 Å². The minimum atomic E-state index is -0.779. The van der Waals surface area contributed by atoms with Gasteiger partial charge in [-0.3, -0.25) is 4.79 Å². The Hall–Kier alpha value is -2.53. The summed E-state index contributed by atoms with van der Waals surface area (Å²) in [5.41, 5.74) is 3.72. The molecule has 0 bridgehead atoms. The summed E-state index contributed by atoms with van der Waals surface area (Å²) in [7, 11) is 0. The number of para-hydroxylation sites is 1. The highest BCUT2D eigenvalue weighted by molar-refractivity contribution is 5.94. The van der Waals surface area contributed by atoms with Gasteiger partial charge in [-0.15, -0.1) is 0 Å². The number of ether oxygens (including phenoxy) is 1. The number of aliphatic hydroxyl groups is 1. The Kier molecular flexibility index (Phi) is 7.88. The zero-order chi connectivity index (χ0) is 20.7. The van der Waals surface area contributed by atoms with E-state index in [1.165, 1.54) is 0 Å². The topological polar surface area (TPSA) is 61.8 Å². The lowest BCUT2D eigenvalue weighted by atomic mass is 10.1. The van der Waals surface area contributed by atoms with Gasteiger partial charge < -0.3 is 20.1 Å². The standard InChI is InChI=1S/C23H32N2O3/c1-6-25(16(2)3)20-12-10-19(11-13-20)23(27)24-14-21(26)15-28-22-17(4)8-7-9-18(22)5/h7-13,16,21,26H,6,14-15H2,1-5H3,(H,24,27). The number of rotatable bonds is 9. The number of nitrogens with one attached hydrogen (secondary N) is 1. The molecule has 0 heterocycles. The molecule has 0 fully saturated rings. The molecule has 0 aliphatic carbocycles. The number of anilines is 1. The third kappa shape index (κ3) is 5.73. The maximum atomic E-state index is 12.3. The van der Waals surface area contributed by atoms with Crippen molar-refractivity contribution in [3.8, 4) is 5.75 Å². The first-order valence-corrected chi connectivity index (χ1v) is 9.85. The average Bonchev–Trinajstić information content (AvgIpc) is 2.66. The third-order valence-electron chi connectivity index (χ3n) is 4.75. The van der Waals surface area contributed by atoms with Gasteiger partial charge in [0.25, 0.3) is 5.91 Å². The summed E-state index contributed by atoms with van der Waals surface area (Å²) in [6.45, 7) is 11.5. The molecule has 0 saturated heterocycles. The van der Waals surface area contributed by atoms with Crippen molar-refractivity contribution in [2.45, 2.75) is 46.8 Å². The molecule has 1 amide bonds. The SMILES string of the molecule is CCN(c1ccc(C(=O)NCC(O)COc2c(C)cccc2C)cc1)C(C)C. The summed E-state index contributed by atoms with van der Waals surface area (Å²) in [6, 6.07) is 13.9. The van der Waals surface area contributed by atoms with E-state index in [0.717, 1.165) is 29.1 Å². The number of nitrogens with zero attached hydrogens (tertiary/aromatic N) is 1. The van der Waals surface area contributed by atoms with E-state index in [0.29, 0.717) is 11.6 Å². The van der Waals surface area contributed by atoms with Crippen LogP contribution in [0.5, 0.6) is 5.75 Å². The van der Waals surface area contributed by atoms with E-state index < -0.39 is 6.10 Å². The Balaban J connectivity index is 1.86. The number of carbonyl (C=O) groups is 1. The lowest BCUT2D eigenvalue weighted by Gasteiger charge is -2.27. The zero-order valence-electron chi connectivity index (χ0n) is 17.5. The number of aliphatic hydroxyl groups excluding tert-OH is 1. The summed E-state index contributed by atoms with van der Waals surface area (Å²) in [6.07, 6.45) is -0.779. The predicted molar refractivity (Wildman–Crippen MR) is 114 cm³/mol. The van der Waals surface area contributed by atoms with Crippen LogP contribution in [-0.4, -0.2) is 42.9 Å².